The zero-order valence-electron chi connectivity index (χ0n) is 17.1. The molecule has 2 N–H and O–H groups in total. The second-order valence-corrected chi connectivity index (χ2v) is 9.15. The van der Waals surface area contributed by atoms with Gasteiger partial charge in [-0.05, 0) is 54.7 Å². The number of halogens is 1. The van der Waals surface area contributed by atoms with E-state index < -0.39 is 11.4 Å². The van der Waals surface area contributed by atoms with Crippen LogP contribution in [-0.4, -0.2) is 26.9 Å². The molecule has 0 radical (unpaired) electrons. The molecule has 1 aromatic heterocycles. The molecule has 0 saturated carbocycles. The van der Waals surface area contributed by atoms with E-state index >= 15 is 0 Å². The van der Waals surface area contributed by atoms with Gasteiger partial charge >= 0.3 is 0 Å². The van der Waals surface area contributed by atoms with Gasteiger partial charge in [-0.15, -0.1) is 4.31 Å². The van der Waals surface area contributed by atoms with Crippen LogP contribution in [0.4, 0.5) is 10.2 Å². The van der Waals surface area contributed by atoms with Gasteiger partial charge in [0.2, 0.25) is 0 Å². The van der Waals surface area contributed by atoms with Crippen molar-refractivity contribution in [2.24, 2.45) is 5.92 Å². The van der Waals surface area contributed by atoms with Gasteiger partial charge in [0.05, 0.1) is 11.4 Å². The second kappa shape index (κ2) is 9.16. The van der Waals surface area contributed by atoms with Gasteiger partial charge < -0.3 is 10.3 Å². The van der Waals surface area contributed by atoms with Crippen LogP contribution < -0.4 is 5.73 Å². The summed E-state index contributed by atoms with van der Waals surface area (Å²) in [5.41, 5.74) is 8.28. The normalized spacial score (nSPS) is 16.5. The van der Waals surface area contributed by atoms with E-state index in [9.17, 15) is 8.94 Å². The summed E-state index contributed by atoms with van der Waals surface area (Å²) in [6.45, 7) is 3.87. The minimum atomic E-state index is -1.26. The SMILES string of the molecule is CCC1CCN([S+]([O-])c2ccccc2-c2ccc(-c3ccc(N)nc3)c(F)c2)CC1. The predicted octanol–water partition coefficient (Wildman–Crippen LogP) is 5.28. The number of benzene rings is 2. The lowest BCUT2D eigenvalue weighted by Crippen LogP contribution is -2.38. The van der Waals surface area contributed by atoms with Crippen molar-refractivity contribution in [3.63, 3.8) is 0 Å². The first-order valence-corrected chi connectivity index (χ1v) is 11.4. The smallest absolute Gasteiger partial charge is 0.181 e. The number of anilines is 1. The summed E-state index contributed by atoms with van der Waals surface area (Å²) in [5, 5.41) is 0. The summed E-state index contributed by atoms with van der Waals surface area (Å²) in [6, 6.07) is 16.1. The molecule has 4 nitrogen and oxygen atoms in total. The lowest BCUT2D eigenvalue weighted by Gasteiger charge is -2.31. The van der Waals surface area contributed by atoms with Crippen LogP contribution in [-0.2, 0) is 11.4 Å². The molecule has 3 aromatic rings. The zero-order chi connectivity index (χ0) is 21.1. The zero-order valence-corrected chi connectivity index (χ0v) is 17.9. The summed E-state index contributed by atoms with van der Waals surface area (Å²) in [6.07, 6.45) is 4.88. The third-order valence-electron chi connectivity index (χ3n) is 5.84. The number of hydrogen-bond acceptors (Lipinski definition) is 4. The highest BCUT2D eigenvalue weighted by molar-refractivity contribution is 7.89. The lowest BCUT2D eigenvalue weighted by molar-refractivity contribution is 0.269. The van der Waals surface area contributed by atoms with Gasteiger partial charge in [-0.25, -0.2) is 9.37 Å². The van der Waals surface area contributed by atoms with Crippen molar-refractivity contribution >= 4 is 17.2 Å². The quantitative estimate of drug-likeness (QED) is 0.567. The number of nitrogens with two attached hydrogens (primary N) is 1. The third-order valence-corrected chi connectivity index (χ3v) is 7.40. The van der Waals surface area contributed by atoms with Gasteiger partial charge in [0.1, 0.15) is 11.6 Å². The van der Waals surface area contributed by atoms with Gasteiger partial charge in [0.15, 0.2) is 4.90 Å². The first-order valence-electron chi connectivity index (χ1n) is 10.3. The number of piperidine rings is 1. The molecular weight excluding hydrogens is 397 g/mol. The highest BCUT2D eigenvalue weighted by Crippen LogP contribution is 2.34. The van der Waals surface area contributed by atoms with Crippen molar-refractivity contribution in [2.45, 2.75) is 31.1 Å². The van der Waals surface area contributed by atoms with Crippen LogP contribution in [0.15, 0.2) is 65.7 Å². The monoisotopic (exact) mass is 423 g/mol. The summed E-state index contributed by atoms with van der Waals surface area (Å²) in [5.74, 6) is 0.775. The molecule has 0 spiro atoms. The van der Waals surface area contributed by atoms with E-state index in [4.69, 9.17) is 5.73 Å². The molecule has 1 fully saturated rings. The Morgan fingerprint density at radius 1 is 1.07 bits per heavy atom. The molecule has 0 aliphatic carbocycles. The van der Waals surface area contributed by atoms with E-state index in [1.807, 2.05) is 34.6 Å². The summed E-state index contributed by atoms with van der Waals surface area (Å²) < 4.78 is 30.3. The molecule has 1 saturated heterocycles. The molecule has 1 unspecified atom stereocenters. The van der Waals surface area contributed by atoms with E-state index in [2.05, 4.69) is 11.9 Å². The molecule has 1 aliphatic heterocycles. The van der Waals surface area contributed by atoms with Crippen LogP contribution in [0, 0.1) is 11.7 Å². The average molecular weight is 424 g/mol. The minimum absolute atomic E-state index is 0.344. The van der Waals surface area contributed by atoms with Crippen LogP contribution in [0.25, 0.3) is 22.3 Å². The van der Waals surface area contributed by atoms with Gasteiger partial charge in [0.25, 0.3) is 0 Å². The Bertz CT molecular complexity index is 1000. The average Bonchev–Trinajstić information content (AvgIpc) is 2.79. The Kier molecular flexibility index (Phi) is 6.37. The summed E-state index contributed by atoms with van der Waals surface area (Å²) in [7, 11) is 0. The molecule has 1 atom stereocenters. The number of nitrogens with zero attached hydrogens (tertiary/aromatic N) is 2. The largest absolute Gasteiger partial charge is 0.593 e. The van der Waals surface area contributed by atoms with Crippen LogP contribution in [0.2, 0.25) is 0 Å². The molecule has 0 amide bonds. The van der Waals surface area contributed by atoms with Crippen LogP contribution >= 0.6 is 0 Å². The fraction of sp³-hybridized carbons (Fsp3) is 0.292. The molecule has 2 heterocycles. The highest BCUT2D eigenvalue weighted by atomic mass is 32.2. The molecule has 2 aromatic carbocycles. The number of nitrogen functional groups attached to an aromatic ring is 1. The maximum Gasteiger partial charge on any atom is 0.181 e. The number of rotatable bonds is 5. The molecule has 156 valence electrons. The Morgan fingerprint density at radius 3 is 2.47 bits per heavy atom. The Labute approximate surface area is 180 Å². The molecular formula is C24H26FN3OS. The first kappa shape index (κ1) is 20.8. The molecule has 4 rings (SSSR count). The van der Waals surface area contributed by atoms with Crippen molar-refractivity contribution in [3.05, 3.63) is 66.6 Å². The molecule has 1 aliphatic rings. The maximum absolute atomic E-state index is 14.9. The van der Waals surface area contributed by atoms with E-state index in [1.54, 1.807) is 24.4 Å². The van der Waals surface area contributed by atoms with Gasteiger partial charge in [-0.1, -0.05) is 37.6 Å². The van der Waals surface area contributed by atoms with Crippen molar-refractivity contribution in [1.29, 1.82) is 0 Å². The number of aromatic nitrogens is 1. The second-order valence-electron chi connectivity index (χ2n) is 7.69. The first-order chi connectivity index (χ1) is 14.6. The van der Waals surface area contributed by atoms with E-state index in [0.29, 0.717) is 22.5 Å². The Morgan fingerprint density at radius 2 is 1.80 bits per heavy atom. The topological polar surface area (TPSA) is 65.2 Å². The predicted molar refractivity (Wildman–Crippen MR) is 120 cm³/mol. The van der Waals surface area contributed by atoms with Crippen molar-refractivity contribution < 1.29 is 8.94 Å². The third kappa shape index (κ3) is 4.36. The fourth-order valence-electron chi connectivity index (χ4n) is 3.96. The Balaban J connectivity index is 1.62. The Hall–Kier alpha value is -2.41. The lowest BCUT2D eigenvalue weighted by atomic mass is 9.96. The fourth-order valence-corrected chi connectivity index (χ4v) is 5.35. The van der Waals surface area contributed by atoms with Crippen LogP contribution in [0.5, 0.6) is 0 Å². The molecule has 30 heavy (non-hydrogen) atoms. The van der Waals surface area contributed by atoms with Crippen LogP contribution in [0.1, 0.15) is 26.2 Å². The summed E-state index contributed by atoms with van der Waals surface area (Å²) in [4.78, 5) is 4.77. The van der Waals surface area contributed by atoms with Gasteiger partial charge in [0, 0.05) is 36.0 Å². The minimum Gasteiger partial charge on any atom is -0.593 e. The summed E-state index contributed by atoms with van der Waals surface area (Å²) >= 11 is -1.26. The highest BCUT2D eigenvalue weighted by Gasteiger charge is 2.29. The maximum atomic E-state index is 14.9. The van der Waals surface area contributed by atoms with Crippen molar-refractivity contribution in [1.82, 2.24) is 9.29 Å². The number of hydrogen-bond donors (Lipinski definition) is 1. The van der Waals surface area contributed by atoms with Crippen molar-refractivity contribution in [2.75, 3.05) is 18.8 Å². The van der Waals surface area contributed by atoms with Gasteiger partial charge in [-0.3, -0.25) is 0 Å². The standard InChI is InChI=1S/C24H26FN3OS/c1-2-17-11-13-28(14-12-17)30(29)23-6-4-3-5-21(23)18-7-9-20(22(25)15-18)19-8-10-24(26)27-16-19/h3-10,15-17H,2,11-14H2,1H3,(H2,26,27). The van der Waals surface area contributed by atoms with Gasteiger partial charge in [-0.2, -0.15) is 0 Å². The van der Waals surface area contributed by atoms with E-state index in [-0.39, 0.29) is 5.82 Å². The molecule has 6 heteroatoms. The van der Waals surface area contributed by atoms with Crippen molar-refractivity contribution in [3.8, 4) is 22.3 Å². The van der Waals surface area contributed by atoms with Crippen LogP contribution in [0.3, 0.4) is 0 Å². The number of pyridine rings is 1. The van der Waals surface area contributed by atoms with E-state index in [1.165, 1.54) is 12.5 Å². The van der Waals surface area contributed by atoms with E-state index in [0.717, 1.165) is 42.3 Å². The molecule has 0 bridgehead atoms.